The molecule has 1 fully saturated rings. The van der Waals surface area contributed by atoms with Crippen molar-refractivity contribution in [3.8, 4) is 0 Å². The number of nitrogens with one attached hydrogen (secondary N) is 3. The average Bonchev–Trinajstić information content (AvgIpc) is 3.42. The number of aliphatic imine (C=N–C) groups is 1. The lowest BCUT2D eigenvalue weighted by Crippen LogP contribution is -2.42. The number of hydrogen-bond donors (Lipinski definition) is 3. The molecular formula is C20H32N4O. The summed E-state index contributed by atoms with van der Waals surface area (Å²) in [5.41, 5.74) is 1.42. The van der Waals surface area contributed by atoms with Gasteiger partial charge in [0.05, 0.1) is 0 Å². The molecule has 0 aliphatic heterocycles. The molecule has 1 saturated carbocycles. The topological polar surface area (TPSA) is 65.5 Å². The van der Waals surface area contributed by atoms with E-state index in [1.165, 1.54) is 5.56 Å². The van der Waals surface area contributed by atoms with E-state index in [2.05, 4.69) is 61.0 Å². The molecule has 3 N–H and O–H groups in total. The Morgan fingerprint density at radius 2 is 1.80 bits per heavy atom. The van der Waals surface area contributed by atoms with Crippen molar-refractivity contribution in [2.24, 2.45) is 16.3 Å². The number of amides is 1. The third kappa shape index (κ3) is 7.59. The highest BCUT2D eigenvalue weighted by molar-refractivity contribution is 5.81. The lowest BCUT2D eigenvalue weighted by atomic mass is 9.86. The van der Waals surface area contributed by atoms with Crippen LogP contribution in [0.5, 0.6) is 0 Å². The maximum Gasteiger partial charge on any atom is 0.223 e. The van der Waals surface area contributed by atoms with Crippen molar-refractivity contribution in [2.75, 3.05) is 26.2 Å². The van der Waals surface area contributed by atoms with E-state index < -0.39 is 0 Å². The second-order valence-corrected chi connectivity index (χ2v) is 7.51. The van der Waals surface area contributed by atoms with Gasteiger partial charge in [-0.15, -0.1) is 0 Å². The monoisotopic (exact) mass is 344 g/mol. The van der Waals surface area contributed by atoms with Crippen LogP contribution in [0.25, 0.3) is 0 Å². The summed E-state index contributed by atoms with van der Waals surface area (Å²) in [4.78, 5) is 16.3. The van der Waals surface area contributed by atoms with Crippen LogP contribution in [0, 0.1) is 11.3 Å². The predicted octanol–water partition coefficient (Wildman–Crippen LogP) is 2.34. The molecule has 0 spiro atoms. The van der Waals surface area contributed by atoms with Gasteiger partial charge in [-0.3, -0.25) is 9.79 Å². The smallest absolute Gasteiger partial charge is 0.223 e. The quantitative estimate of drug-likeness (QED) is 0.366. The number of benzene rings is 1. The predicted molar refractivity (Wildman–Crippen MR) is 104 cm³/mol. The van der Waals surface area contributed by atoms with Crippen molar-refractivity contribution >= 4 is 11.9 Å². The summed E-state index contributed by atoms with van der Waals surface area (Å²) < 4.78 is 0. The van der Waals surface area contributed by atoms with E-state index in [1.54, 1.807) is 0 Å². The summed E-state index contributed by atoms with van der Waals surface area (Å²) >= 11 is 0. The molecule has 1 aromatic carbocycles. The zero-order valence-corrected chi connectivity index (χ0v) is 15.8. The molecule has 5 nitrogen and oxygen atoms in total. The fourth-order valence-electron chi connectivity index (χ4n) is 2.70. The van der Waals surface area contributed by atoms with E-state index in [-0.39, 0.29) is 17.2 Å². The normalized spacial score (nSPS) is 14.9. The fraction of sp³-hybridized carbons (Fsp3) is 0.600. The van der Waals surface area contributed by atoms with Crippen LogP contribution < -0.4 is 16.0 Å². The summed E-state index contributed by atoms with van der Waals surface area (Å²) in [6, 6.07) is 10.5. The molecular weight excluding hydrogens is 312 g/mol. The number of rotatable bonds is 9. The van der Waals surface area contributed by atoms with Gasteiger partial charge in [-0.25, -0.2) is 0 Å². The Kier molecular flexibility index (Phi) is 7.29. The first-order chi connectivity index (χ1) is 12.0. The molecule has 0 atom stereocenters. The van der Waals surface area contributed by atoms with Gasteiger partial charge in [0.2, 0.25) is 5.91 Å². The van der Waals surface area contributed by atoms with E-state index in [1.807, 2.05) is 6.07 Å². The van der Waals surface area contributed by atoms with Crippen LogP contribution in [-0.4, -0.2) is 38.0 Å². The van der Waals surface area contributed by atoms with Crippen LogP contribution in [0.2, 0.25) is 0 Å². The molecule has 25 heavy (non-hydrogen) atoms. The number of carbonyl (C=O) groups excluding carboxylic acids is 1. The van der Waals surface area contributed by atoms with Crippen LogP contribution in [0.1, 0.15) is 39.2 Å². The molecule has 0 aromatic heterocycles. The van der Waals surface area contributed by atoms with Gasteiger partial charge in [-0.2, -0.15) is 0 Å². The van der Waals surface area contributed by atoms with Crippen molar-refractivity contribution < 1.29 is 4.79 Å². The highest BCUT2D eigenvalue weighted by atomic mass is 16.2. The molecule has 0 bridgehead atoms. The second kappa shape index (κ2) is 9.44. The van der Waals surface area contributed by atoms with E-state index in [0.29, 0.717) is 13.1 Å². The number of guanidine groups is 1. The molecule has 1 aliphatic carbocycles. The molecule has 138 valence electrons. The zero-order valence-electron chi connectivity index (χ0n) is 15.8. The summed E-state index contributed by atoms with van der Waals surface area (Å²) in [6.45, 7) is 9.41. The minimum Gasteiger partial charge on any atom is -0.357 e. The van der Waals surface area contributed by atoms with Crippen LogP contribution in [-0.2, 0) is 11.2 Å². The Morgan fingerprint density at radius 1 is 1.12 bits per heavy atom. The first-order valence-corrected chi connectivity index (χ1v) is 9.34. The molecule has 1 amide bonds. The Balaban J connectivity index is 1.77. The van der Waals surface area contributed by atoms with Crippen molar-refractivity contribution in [3.63, 3.8) is 0 Å². The Labute approximate surface area is 151 Å². The molecule has 0 saturated heterocycles. The lowest BCUT2D eigenvalue weighted by Gasteiger charge is -2.23. The number of hydrogen-bond acceptors (Lipinski definition) is 2. The van der Waals surface area contributed by atoms with Crippen molar-refractivity contribution in [2.45, 2.75) is 40.0 Å². The summed E-state index contributed by atoms with van der Waals surface area (Å²) in [5.74, 6) is 1.26. The van der Waals surface area contributed by atoms with E-state index >= 15 is 0 Å². The standard InChI is InChI=1S/C20H32N4O/c1-4-21-19(23-13-12-22-18(25)17-10-11-17)24-15-20(2,3)14-16-8-6-5-7-9-16/h5-9,17H,4,10-15H2,1-3H3,(H,22,25)(H2,21,23,24). The molecule has 5 heteroatoms. The summed E-state index contributed by atoms with van der Waals surface area (Å²) in [7, 11) is 0. The van der Waals surface area contributed by atoms with Gasteiger partial charge in [0.25, 0.3) is 0 Å². The van der Waals surface area contributed by atoms with Gasteiger partial charge in [0.1, 0.15) is 0 Å². The average molecular weight is 345 g/mol. The fourth-order valence-corrected chi connectivity index (χ4v) is 2.70. The summed E-state index contributed by atoms with van der Waals surface area (Å²) in [5, 5.41) is 9.53. The van der Waals surface area contributed by atoms with Crippen molar-refractivity contribution in [1.29, 1.82) is 0 Å². The zero-order chi connectivity index (χ0) is 18.1. The van der Waals surface area contributed by atoms with Gasteiger partial charge >= 0.3 is 0 Å². The van der Waals surface area contributed by atoms with E-state index in [0.717, 1.165) is 38.3 Å². The van der Waals surface area contributed by atoms with Crippen LogP contribution in [0.4, 0.5) is 0 Å². The molecule has 0 radical (unpaired) electrons. The number of carbonyl (C=O) groups is 1. The first kappa shape index (κ1) is 19.3. The Morgan fingerprint density at radius 3 is 2.44 bits per heavy atom. The molecule has 0 heterocycles. The van der Waals surface area contributed by atoms with E-state index in [9.17, 15) is 4.79 Å². The molecule has 0 unspecified atom stereocenters. The van der Waals surface area contributed by atoms with Crippen molar-refractivity contribution in [1.82, 2.24) is 16.0 Å². The molecule has 1 aliphatic rings. The Hall–Kier alpha value is -2.04. The maximum absolute atomic E-state index is 11.6. The van der Waals surface area contributed by atoms with Gasteiger partial charge in [0, 0.05) is 32.1 Å². The number of nitrogens with zero attached hydrogens (tertiary/aromatic N) is 1. The van der Waals surface area contributed by atoms with Gasteiger partial charge in [0.15, 0.2) is 5.96 Å². The minimum atomic E-state index is 0.0872. The third-order valence-corrected chi connectivity index (χ3v) is 4.20. The van der Waals surface area contributed by atoms with Crippen LogP contribution in [0.3, 0.4) is 0 Å². The largest absolute Gasteiger partial charge is 0.357 e. The van der Waals surface area contributed by atoms with E-state index in [4.69, 9.17) is 4.99 Å². The van der Waals surface area contributed by atoms with Crippen LogP contribution in [0.15, 0.2) is 35.3 Å². The lowest BCUT2D eigenvalue weighted by molar-refractivity contribution is -0.122. The highest BCUT2D eigenvalue weighted by Gasteiger charge is 2.29. The third-order valence-electron chi connectivity index (χ3n) is 4.20. The minimum absolute atomic E-state index is 0.0872. The Bertz CT molecular complexity index is 564. The first-order valence-electron chi connectivity index (χ1n) is 9.34. The second-order valence-electron chi connectivity index (χ2n) is 7.51. The van der Waals surface area contributed by atoms with Crippen LogP contribution >= 0.6 is 0 Å². The highest BCUT2D eigenvalue weighted by Crippen LogP contribution is 2.28. The SMILES string of the molecule is CCNC(=NCC(C)(C)Cc1ccccc1)NCCNC(=O)C1CC1. The van der Waals surface area contributed by atoms with Gasteiger partial charge in [-0.05, 0) is 37.2 Å². The van der Waals surface area contributed by atoms with Gasteiger partial charge < -0.3 is 16.0 Å². The molecule has 2 rings (SSSR count). The maximum atomic E-state index is 11.6. The molecule has 1 aromatic rings. The summed E-state index contributed by atoms with van der Waals surface area (Å²) in [6.07, 6.45) is 3.08. The van der Waals surface area contributed by atoms with Gasteiger partial charge in [-0.1, -0.05) is 44.2 Å². The van der Waals surface area contributed by atoms with Crippen molar-refractivity contribution in [3.05, 3.63) is 35.9 Å².